The second-order valence-electron chi connectivity index (χ2n) is 6.97. The predicted molar refractivity (Wildman–Crippen MR) is 109 cm³/mol. The summed E-state index contributed by atoms with van der Waals surface area (Å²) in [6, 6.07) is 11.7. The molecule has 31 heavy (non-hydrogen) atoms. The second-order valence-corrected chi connectivity index (χ2v) is 6.97. The summed E-state index contributed by atoms with van der Waals surface area (Å²) in [6.45, 7) is 1.58. The molecule has 2 aromatic rings. The molecule has 1 aliphatic rings. The molecule has 2 amide bonds. The molecule has 0 radical (unpaired) electrons. The van der Waals surface area contributed by atoms with Gasteiger partial charge in [-0.3, -0.25) is 9.91 Å². The van der Waals surface area contributed by atoms with Crippen LogP contribution in [0.5, 0.6) is 0 Å². The zero-order valence-corrected chi connectivity index (χ0v) is 17.6. The van der Waals surface area contributed by atoms with Crippen LogP contribution in [0.25, 0.3) is 0 Å². The van der Waals surface area contributed by atoms with E-state index < -0.39 is 18.1 Å². The number of carbonyl (C=O) groups excluding carboxylic acids is 1. The van der Waals surface area contributed by atoms with Crippen molar-refractivity contribution in [2.24, 2.45) is 5.16 Å². The first kappa shape index (κ1) is 22.6. The number of carbonyl (C=O) groups is 1. The highest BCUT2D eigenvalue weighted by Gasteiger charge is 2.42. The van der Waals surface area contributed by atoms with Crippen molar-refractivity contribution in [3.05, 3.63) is 65.2 Å². The van der Waals surface area contributed by atoms with Crippen LogP contribution in [0.2, 0.25) is 0 Å². The number of nitrogens with zero attached hydrogens (tertiary/aromatic N) is 4. The minimum Gasteiger partial charge on any atom is -0.391 e. The maximum atomic E-state index is 12.9. The van der Waals surface area contributed by atoms with Gasteiger partial charge in [-0.05, 0) is 30.7 Å². The fourth-order valence-electron chi connectivity index (χ4n) is 3.22. The Kier molecular flexibility index (Phi) is 6.51. The molecule has 0 bridgehead atoms. The van der Waals surface area contributed by atoms with E-state index in [1.807, 2.05) is 0 Å². The number of oxime groups is 1. The molecule has 0 aromatic heterocycles. The highest BCUT2D eigenvalue weighted by molar-refractivity contribution is 5.98. The lowest BCUT2D eigenvalue weighted by molar-refractivity contribution is -0.137. The van der Waals surface area contributed by atoms with Gasteiger partial charge in [-0.1, -0.05) is 35.5 Å². The molecule has 1 saturated heterocycles. The quantitative estimate of drug-likeness (QED) is 0.501. The molecule has 10 heteroatoms. The van der Waals surface area contributed by atoms with Crippen molar-refractivity contribution in [2.75, 3.05) is 26.1 Å². The molecule has 1 heterocycles. The van der Waals surface area contributed by atoms with Crippen molar-refractivity contribution in [1.82, 2.24) is 10.0 Å². The van der Waals surface area contributed by atoms with Gasteiger partial charge in [0.25, 0.3) is 0 Å². The topological polar surface area (TPSA) is 57.6 Å². The lowest BCUT2D eigenvalue weighted by atomic mass is 10.1. The minimum absolute atomic E-state index is 0.0140. The average molecular weight is 436 g/mol. The van der Waals surface area contributed by atoms with Crippen molar-refractivity contribution in [3.8, 4) is 0 Å². The van der Waals surface area contributed by atoms with Crippen LogP contribution in [0.3, 0.4) is 0 Å². The number of hydrogen-bond donors (Lipinski definition) is 0. The van der Waals surface area contributed by atoms with Gasteiger partial charge in [0.1, 0.15) is 6.61 Å². The molecule has 1 aliphatic heterocycles. The fourth-order valence-corrected chi connectivity index (χ4v) is 3.22. The first-order chi connectivity index (χ1) is 14.6. The minimum atomic E-state index is -4.43. The Bertz CT molecular complexity index is 980. The number of anilines is 1. The molecular weight excluding hydrogens is 413 g/mol. The van der Waals surface area contributed by atoms with E-state index in [1.165, 1.54) is 29.2 Å². The number of urea groups is 1. The molecule has 0 spiro atoms. The largest absolute Gasteiger partial charge is 0.416 e. The normalized spacial score (nSPS) is 18.1. The number of alkyl halides is 3. The van der Waals surface area contributed by atoms with Crippen LogP contribution in [-0.4, -0.2) is 49.3 Å². The summed E-state index contributed by atoms with van der Waals surface area (Å²) < 4.78 is 44.2. The Morgan fingerprint density at radius 2 is 1.84 bits per heavy atom. The summed E-state index contributed by atoms with van der Waals surface area (Å²) in [4.78, 5) is 19.6. The fraction of sp³-hybridized carbons (Fsp3) is 0.333. The molecule has 7 nitrogen and oxygen atoms in total. The molecule has 0 aliphatic carbocycles. The van der Waals surface area contributed by atoms with Crippen LogP contribution in [-0.2, 0) is 22.4 Å². The van der Waals surface area contributed by atoms with Crippen LogP contribution in [0.15, 0.2) is 53.7 Å². The van der Waals surface area contributed by atoms with E-state index >= 15 is 0 Å². The third kappa shape index (κ3) is 4.64. The number of benzene rings is 2. The summed E-state index contributed by atoms with van der Waals surface area (Å²) in [5.74, 6) is 0. The molecule has 1 fully saturated rings. The Balaban J connectivity index is 1.79. The van der Waals surface area contributed by atoms with E-state index in [0.29, 0.717) is 22.5 Å². The highest BCUT2D eigenvalue weighted by atomic mass is 19.4. The smallest absolute Gasteiger partial charge is 0.391 e. The van der Waals surface area contributed by atoms with Gasteiger partial charge in [-0.25, -0.2) is 4.79 Å². The molecule has 0 N–H and O–H groups in total. The van der Waals surface area contributed by atoms with Crippen molar-refractivity contribution < 1.29 is 27.5 Å². The highest BCUT2D eigenvalue weighted by Crippen LogP contribution is 2.31. The van der Waals surface area contributed by atoms with E-state index in [9.17, 15) is 18.0 Å². The summed E-state index contributed by atoms with van der Waals surface area (Å²) in [5.41, 5.74) is 1.11. The summed E-state index contributed by atoms with van der Waals surface area (Å²) >= 11 is 0. The lowest BCUT2D eigenvalue weighted by Crippen LogP contribution is -2.40. The first-order valence-corrected chi connectivity index (χ1v) is 9.39. The van der Waals surface area contributed by atoms with Gasteiger partial charge < -0.3 is 9.57 Å². The maximum Gasteiger partial charge on any atom is 0.416 e. The number of ether oxygens (including phenoxy) is 1. The zero-order valence-electron chi connectivity index (χ0n) is 17.6. The van der Waals surface area contributed by atoms with Gasteiger partial charge >= 0.3 is 12.2 Å². The molecule has 166 valence electrons. The number of hydrogen-bond acceptors (Lipinski definition) is 5. The van der Waals surface area contributed by atoms with Crippen molar-refractivity contribution in [2.45, 2.75) is 26.1 Å². The van der Waals surface area contributed by atoms with E-state index in [2.05, 4.69) is 5.16 Å². The molecular formula is C21H23F3N4O3. The van der Waals surface area contributed by atoms with Gasteiger partial charge in [0, 0.05) is 26.8 Å². The number of hydrazine groups is 1. The average Bonchev–Trinajstić information content (AvgIpc) is 2.96. The second kappa shape index (κ2) is 8.94. The van der Waals surface area contributed by atoms with E-state index in [4.69, 9.17) is 9.57 Å². The van der Waals surface area contributed by atoms with E-state index in [-0.39, 0.29) is 12.6 Å². The predicted octanol–water partition coefficient (Wildman–Crippen LogP) is 4.29. The molecule has 1 atom stereocenters. The van der Waals surface area contributed by atoms with Gasteiger partial charge in [-0.2, -0.15) is 18.2 Å². The lowest BCUT2D eigenvalue weighted by Gasteiger charge is -2.26. The third-order valence-corrected chi connectivity index (χ3v) is 4.99. The molecule has 2 aromatic carbocycles. The molecule has 3 rings (SSSR count). The van der Waals surface area contributed by atoms with Crippen LogP contribution < -0.4 is 4.90 Å². The molecule has 1 unspecified atom stereocenters. The molecule has 0 saturated carbocycles. The van der Waals surface area contributed by atoms with Gasteiger partial charge in [0.05, 0.1) is 17.0 Å². The third-order valence-electron chi connectivity index (χ3n) is 4.99. The number of para-hydroxylation sites is 1. The Hall–Kier alpha value is -3.11. The van der Waals surface area contributed by atoms with E-state index in [0.717, 1.165) is 12.1 Å². The van der Waals surface area contributed by atoms with Crippen molar-refractivity contribution in [3.63, 3.8) is 0 Å². The number of methoxy groups -OCH3 is 1. The number of halogens is 3. The monoisotopic (exact) mass is 436 g/mol. The SMILES string of the molecule is COC1N(c2ccccc2CO/N=C(\C)c2cccc(C(F)(F)F)c2)C(=O)N(C)N1C. The maximum absolute atomic E-state index is 12.9. The van der Waals surface area contributed by atoms with Crippen LogP contribution in [0.1, 0.15) is 23.6 Å². The Labute approximate surface area is 178 Å². The number of amides is 2. The summed E-state index contributed by atoms with van der Waals surface area (Å²) in [5, 5.41) is 7.04. The van der Waals surface area contributed by atoms with Crippen molar-refractivity contribution in [1.29, 1.82) is 0 Å². The van der Waals surface area contributed by atoms with Crippen molar-refractivity contribution >= 4 is 17.4 Å². The van der Waals surface area contributed by atoms with E-state index in [1.54, 1.807) is 50.3 Å². The Morgan fingerprint density at radius 1 is 1.13 bits per heavy atom. The van der Waals surface area contributed by atoms with Gasteiger partial charge in [0.2, 0.25) is 6.35 Å². The zero-order chi connectivity index (χ0) is 22.8. The standard InChI is InChI=1S/C21H23F3N4O3/c1-14(15-9-7-10-17(12-15)21(22,23)24)25-31-13-16-8-5-6-11-18(16)28-19(29)26(2)27(3)20(28)30-4/h5-12,20H,13H2,1-4H3/b25-14+. The Morgan fingerprint density at radius 3 is 2.52 bits per heavy atom. The van der Waals surface area contributed by atoms with Gasteiger partial charge in [-0.15, -0.1) is 0 Å². The number of rotatable bonds is 6. The first-order valence-electron chi connectivity index (χ1n) is 9.39. The van der Waals surface area contributed by atoms with Gasteiger partial charge in [0.15, 0.2) is 0 Å². The van der Waals surface area contributed by atoms with Crippen LogP contribution in [0, 0.1) is 0 Å². The van der Waals surface area contributed by atoms with Crippen LogP contribution >= 0.6 is 0 Å². The van der Waals surface area contributed by atoms with Crippen LogP contribution in [0.4, 0.5) is 23.7 Å². The summed E-state index contributed by atoms with van der Waals surface area (Å²) in [6.07, 6.45) is -5.06. The summed E-state index contributed by atoms with van der Waals surface area (Å²) in [7, 11) is 4.87.